The second-order valence-electron chi connectivity index (χ2n) is 7.56. The van der Waals surface area contributed by atoms with Crippen LogP contribution in [0, 0.1) is 10.8 Å². The third-order valence-corrected chi connectivity index (χ3v) is 3.85. The van der Waals surface area contributed by atoms with E-state index in [0.29, 0.717) is 6.42 Å². The van der Waals surface area contributed by atoms with Crippen molar-refractivity contribution >= 4 is 8.25 Å². The Morgan fingerprint density at radius 3 is 2.20 bits per heavy atom. The highest BCUT2D eigenvalue weighted by atomic mass is 31.1. The molecular formula is C15H26O4P+. The van der Waals surface area contributed by atoms with E-state index in [1.807, 2.05) is 0 Å². The SMILES string of the molecule is CC(C)(C)C1=CC(O)(CO[P+](=O)O)CC(C(C)(C)C)=C1. The molecule has 0 aromatic carbocycles. The van der Waals surface area contributed by atoms with Crippen molar-refractivity contribution in [3.8, 4) is 0 Å². The van der Waals surface area contributed by atoms with E-state index in [1.54, 1.807) is 6.08 Å². The number of hydrogen-bond acceptors (Lipinski definition) is 3. The number of aliphatic hydroxyl groups is 1. The molecule has 0 aliphatic heterocycles. The van der Waals surface area contributed by atoms with E-state index in [1.165, 1.54) is 0 Å². The highest BCUT2D eigenvalue weighted by Gasteiger charge is 2.38. The van der Waals surface area contributed by atoms with Crippen LogP contribution in [0.3, 0.4) is 0 Å². The standard InChI is InChI=1S/C15H25O4P/c1-13(2,3)11-7-12(14(4,5)6)9-15(16,8-11)10-19-20(17)18/h7-8,16H,9-10H2,1-6H3/p+1. The topological polar surface area (TPSA) is 66.8 Å². The quantitative estimate of drug-likeness (QED) is 0.779. The van der Waals surface area contributed by atoms with Gasteiger partial charge >= 0.3 is 8.25 Å². The zero-order valence-electron chi connectivity index (χ0n) is 13.2. The average molecular weight is 301 g/mol. The molecule has 1 aliphatic carbocycles. The lowest BCUT2D eigenvalue weighted by Gasteiger charge is -2.37. The van der Waals surface area contributed by atoms with E-state index in [4.69, 9.17) is 9.42 Å². The smallest absolute Gasteiger partial charge is 0.383 e. The predicted octanol–water partition coefficient (Wildman–Crippen LogP) is 3.73. The van der Waals surface area contributed by atoms with Crippen LogP contribution in [0.5, 0.6) is 0 Å². The Kier molecular flexibility index (Phi) is 4.98. The number of rotatable bonds is 3. The summed E-state index contributed by atoms with van der Waals surface area (Å²) in [5, 5.41) is 10.7. The van der Waals surface area contributed by atoms with Crippen LogP contribution in [0.2, 0.25) is 0 Å². The molecule has 0 heterocycles. The molecule has 0 saturated carbocycles. The van der Waals surface area contributed by atoms with Gasteiger partial charge in [0.05, 0.1) is 0 Å². The first-order chi connectivity index (χ1) is 8.83. The minimum Gasteiger partial charge on any atom is -0.383 e. The zero-order chi connectivity index (χ0) is 15.8. The Hall–Kier alpha value is -0.540. The van der Waals surface area contributed by atoms with Gasteiger partial charge in [-0.3, -0.25) is 0 Å². The Bertz CT molecular complexity index is 451. The monoisotopic (exact) mass is 301 g/mol. The number of hydrogen-bond donors (Lipinski definition) is 2. The van der Waals surface area contributed by atoms with Gasteiger partial charge in [-0.25, -0.2) is 0 Å². The molecule has 114 valence electrons. The van der Waals surface area contributed by atoms with Crippen molar-refractivity contribution in [2.75, 3.05) is 6.61 Å². The first kappa shape index (κ1) is 17.5. The van der Waals surface area contributed by atoms with Crippen LogP contribution in [-0.2, 0) is 9.09 Å². The van der Waals surface area contributed by atoms with Crippen LogP contribution in [0.4, 0.5) is 0 Å². The molecule has 1 aliphatic rings. The molecule has 0 bridgehead atoms. The van der Waals surface area contributed by atoms with E-state index in [2.05, 4.69) is 47.6 Å². The fourth-order valence-corrected chi connectivity index (χ4v) is 2.46. The van der Waals surface area contributed by atoms with Gasteiger partial charge < -0.3 is 5.11 Å². The van der Waals surface area contributed by atoms with Gasteiger partial charge in [-0.1, -0.05) is 53.2 Å². The highest BCUT2D eigenvalue weighted by Crippen LogP contribution is 2.42. The summed E-state index contributed by atoms with van der Waals surface area (Å²) in [6, 6.07) is 0. The molecule has 0 spiro atoms. The summed E-state index contributed by atoms with van der Waals surface area (Å²) < 4.78 is 15.5. The summed E-state index contributed by atoms with van der Waals surface area (Å²) in [5.74, 6) is 0. The molecule has 0 fully saturated rings. The summed E-state index contributed by atoms with van der Waals surface area (Å²) in [6.45, 7) is 12.3. The van der Waals surface area contributed by atoms with Crippen molar-refractivity contribution in [1.29, 1.82) is 0 Å². The van der Waals surface area contributed by atoms with Crippen molar-refractivity contribution in [2.45, 2.75) is 53.6 Å². The van der Waals surface area contributed by atoms with Gasteiger partial charge in [-0.15, -0.1) is 9.42 Å². The largest absolute Gasteiger partial charge is 0.694 e. The van der Waals surface area contributed by atoms with Gasteiger partial charge in [-0.2, -0.15) is 0 Å². The molecule has 0 radical (unpaired) electrons. The van der Waals surface area contributed by atoms with Crippen molar-refractivity contribution in [1.82, 2.24) is 0 Å². The Morgan fingerprint density at radius 2 is 1.80 bits per heavy atom. The molecule has 0 amide bonds. The third-order valence-electron chi connectivity index (χ3n) is 3.50. The Labute approximate surface area is 122 Å². The van der Waals surface area contributed by atoms with Crippen LogP contribution in [0.1, 0.15) is 48.0 Å². The highest BCUT2D eigenvalue weighted by molar-refractivity contribution is 7.32. The van der Waals surface area contributed by atoms with Gasteiger partial charge in [0.15, 0.2) is 0 Å². The number of allylic oxidation sites excluding steroid dienone is 2. The van der Waals surface area contributed by atoms with Gasteiger partial charge in [0.25, 0.3) is 0 Å². The molecule has 0 saturated heterocycles. The second kappa shape index (κ2) is 5.69. The molecule has 20 heavy (non-hydrogen) atoms. The molecule has 1 rings (SSSR count). The lowest BCUT2D eigenvalue weighted by molar-refractivity contribution is 0.0303. The maximum atomic E-state index is 10.7. The lowest BCUT2D eigenvalue weighted by atomic mass is 9.71. The van der Waals surface area contributed by atoms with E-state index in [0.717, 1.165) is 11.1 Å². The minimum absolute atomic E-state index is 0.0693. The van der Waals surface area contributed by atoms with E-state index < -0.39 is 13.9 Å². The van der Waals surface area contributed by atoms with Crippen molar-refractivity contribution in [2.24, 2.45) is 10.8 Å². The van der Waals surface area contributed by atoms with Crippen LogP contribution in [0.25, 0.3) is 0 Å². The van der Waals surface area contributed by atoms with Crippen LogP contribution in [0.15, 0.2) is 23.3 Å². The molecule has 0 aromatic rings. The first-order valence-electron chi connectivity index (χ1n) is 6.79. The predicted molar refractivity (Wildman–Crippen MR) is 80.4 cm³/mol. The van der Waals surface area contributed by atoms with Crippen LogP contribution < -0.4 is 0 Å². The molecule has 2 atom stereocenters. The summed E-state index contributed by atoms with van der Waals surface area (Å²) in [6.07, 6.45) is 4.31. The fourth-order valence-electron chi connectivity index (χ4n) is 2.13. The fraction of sp³-hybridized carbons (Fsp3) is 0.733. The Morgan fingerprint density at radius 1 is 1.25 bits per heavy atom. The van der Waals surface area contributed by atoms with Gasteiger partial charge in [0.1, 0.15) is 12.2 Å². The third kappa shape index (κ3) is 4.78. The molecule has 0 aromatic heterocycles. The van der Waals surface area contributed by atoms with Crippen LogP contribution in [-0.4, -0.2) is 22.2 Å². The van der Waals surface area contributed by atoms with Crippen molar-refractivity contribution < 1.29 is 19.1 Å². The maximum Gasteiger partial charge on any atom is 0.694 e. The average Bonchev–Trinajstić information content (AvgIpc) is 2.23. The summed E-state index contributed by atoms with van der Waals surface area (Å²) in [7, 11) is -2.70. The first-order valence-corrected chi connectivity index (χ1v) is 7.92. The van der Waals surface area contributed by atoms with E-state index in [9.17, 15) is 9.67 Å². The van der Waals surface area contributed by atoms with Crippen molar-refractivity contribution in [3.05, 3.63) is 23.3 Å². The van der Waals surface area contributed by atoms with Crippen LogP contribution >= 0.6 is 8.25 Å². The zero-order valence-corrected chi connectivity index (χ0v) is 14.1. The Balaban J connectivity index is 3.15. The molecule has 4 nitrogen and oxygen atoms in total. The summed E-state index contributed by atoms with van der Waals surface area (Å²) in [4.78, 5) is 8.79. The molecule has 2 N–H and O–H groups in total. The molecular weight excluding hydrogens is 275 g/mol. The van der Waals surface area contributed by atoms with Gasteiger partial charge in [0.2, 0.25) is 0 Å². The van der Waals surface area contributed by atoms with Crippen molar-refractivity contribution in [3.63, 3.8) is 0 Å². The minimum atomic E-state index is -2.70. The molecule has 2 unspecified atom stereocenters. The lowest BCUT2D eigenvalue weighted by Crippen LogP contribution is -2.37. The second-order valence-corrected chi connectivity index (χ2v) is 8.29. The maximum absolute atomic E-state index is 10.7. The van der Waals surface area contributed by atoms with E-state index >= 15 is 0 Å². The van der Waals surface area contributed by atoms with E-state index in [-0.39, 0.29) is 17.4 Å². The normalized spacial score (nSPS) is 25.1. The summed E-state index contributed by atoms with van der Waals surface area (Å²) in [5.41, 5.74) is 0.734. The van der Waals surface area contributed by atoms with Gasteiger partial charge in [-0.05, 0) is 22.5 Å². The van der Waals surface area contributed by atoms with Gasteiger partial charge in [0, 0.05) is 11.0 Å². The molecule has 5 heteroatoms. The summed E-state index contributed by atoms with van der Waals surface area (Å²) >= 11 is 0.